The molecule has 0 N–H and O–H groups in total. The van der Waals surface area contributed by atoms with Gasteiger partial charge in [-0.05, 0) is 25.0 Å². The van der Waals surface area contributed by atoms with Gasteiger partial charge >= 0.3 is 0 Å². The minimum atomic E-state index is -3.86. The average Bonchev–Trinajstić information content (AvgIpc) is 3.27. The number of sulfone groups is 1. The van der Waals surface area contributed by atoms with Gasteiger partial charge in [0.05, 0.1) is 16.8 Å². The second-order valence-corrected chi connectivity index (χ2v) is 9.70. The van der Waals surface area contributed by atoms with Crippen LogP contribution in [-0.4, -0.2) is 68.0 Å². The highest BCUT2D eigenvalue weighted by molar-refractivity contribution is 7.92. The molecule has 1 aliphatic heterocycles. The highest BCUT2D eigenvalue weighted by atomic mass is 32.2. The summed E-state index contributed by atoms with van der Waals surface area (Å²) in [6.45, 7) is 2.08. The number of ether oxygens (including phenoxy) is 1. The van der Waals surface area contributed by atoms with Crippen LogP contribution < -0.4 is 4.80 Å². The fourth-order valence-corrected chi connectivity index (χ4v) is 5.30. The van der Waals surface area contributed by atoms with E-state index < -0.39 is 33.2 Å². The van der Waals surface area contributed by atoms with E-state index in [1.165, 1.54) is 16.2 Å². The molecule has 10 heteroatoms. The second kappa shape index (κ2) is 8.97. The molecule has 8 nitrogen and oxygen atoms in total. The summed E-state index contributed by atoms with van der Waals surface area (Å²) in [4.78, 5) is 30.4. The van der Waals surface area contributed by atoms with Crippen LogP contribution in [0.15, 0.2) is 29.3 Å². The highest BCUT2D eigenvalue weighted by Gasteiger charge is 2.26. The molecule has 2 aromatic rings. The SMILES string of the molecule is COCCn1c(=NC(=O)CS(=O)(=O)CC(=O)N2CCCC2)sc2ccccc21. The lowest BCUT2D eigenvalue weighted by Crippen LogP contribution is -2.35. The Morgan fingerprint density at radius 2 is 1.89 bits per heavy atom. The van der Waals surface area contributed by atoms with Crippen LogP contribution in [0.4, 0.5) is 0 Å². The molecule has 0 saturated carbocycles. The molecule has 0 aliphatic carbocycles. The Kier molecular flexibility index (Phi) is 6.63. The molecule has 1 aromatic carbocycles. The summed E-state index contributed by atoms with van der Waals surface area (Å²) in [6, 6.07) is 7.60. The first kappa shape index (κ1) is 20.7. The number of benzene rings is 1. The summed E-state index contributed by atoms with van der Waals surface area (Å²) >= 11 is 1.31. The standard InChI is InChI=1S/C18H23N3O5S2/c1-26-11-10-21-14-6-2-3-7-15(14)27-18(21)19-16(22)12-28(24,25)13-17(23)20-8-4-5-9-20/h2-3,6-7H,4-5,8-13H2,1H3. The number of carbonyl (C=O) groups is 2. The van der Waals surface area contributed by atoms with E-state index >= 15 is 0 Å². The third-order valence-electron chi connectivity index (χ3n) is 4.47. The third-order valence-corrected chi connectivity index (χ3v) is 6.91. The van der Waals surface area contributed by atoms with Gasteiger partial charge in [0, 0.05) is 26.7 Å². The Hall–Kier alpha value is -2.04. The van der Waals surface area contributed by atoms with Crippen LogP contribution >= 0.6 is 11.3 Å². The van der Waals surface area contributed by atoms with Gasteiger partial charge in [0.25, 0.3) is 5.91 Å². The minimum absolute atomic E-state index is 0.421. The molecule has 28 heavy (non-hydrogen) atoms. The van der Waals surface area contributed by atoms with Gasteiger partial charge < -0.3 is 14.2 Å². The molecule has 1 fully saturated rings. The normalized spacial score (nSPS) is 15.5. The number of amides is 2. The van der Waals surface area contributed by atoms with Crippen LogP contribution in [0.2, 0.25) is 0 Å². The number of hydrogen-bond acceptors (Lipinski definition) is 6. The molecule has 0 radical (unpaired) electrons. The van der Waals surface area contributed by atoms with E-state index in [4.69, 9.17) is 4.74 Å². The van der Waals surface area contributed by atoms with Crippen molar-refractivity contribution >= 4 is 43.2 Å². The van der Waals surface area contributed by atoms with Gasteiger partial charge in [-0.2, -0.15) is 4.99 Å². The zero-order valence-corrected chi connectivity index (χ0v) is 17.3. The van der Waals surface area contributed by atoms with Crippen LogP contribution in [-0.2, 0) is 30.7 Å². The second-order valence-electron chi connectivity index (χ2n) is 6.62. The lowest BCUT2D eigenvalue weighted by molar-refractivity contribution is -0.127. The summed E-state index contributed by atoms with van der Waals surface area (Å²) in [5.41, 5.74) is 0.906. The molecular formula is C18H23N3O5S2. The molecule has 3 rings (SSSR count). The predicted molar refractivity (Wildman–Crippen MR) is 107 cm³/mol. The van der Waals surface area contributed by atoms with Crippen molar-refractivity contribution < 1.29 is 22.7 Å². The van der Waals surface area contributed by atoms with Crippen LogP contribution in [0, 0.1) is 0 Å². The molecular weight excluding hydrogens is 402 g/mol. The van der Waals surface area contributed by atoms with Crippen molar-refractivity contribution in [3.05, 3.63) is 29.1 Å². The molecule has 2 heterocycles. The molecule has 0 spiro atoms. The monoisotopic (exact) mass is 425 g/mol. The van der Waals surface area contributed by atoms with Gasteiger partial charge in [0.1, 0.15) is 11.5 Å². The largest absolute Gasteiger partial charge is 0.383 e. The maximum atomic E-state index is 12.3. The summed E-state index contributed by atoms with van der Waals surface area (Å²) < 4.78 is 32.4. The molecule has 152 valence electrons. The lowest BCUT2D eigenvalue weighted by atomic mass is 10.3. The number of carbonyl (C=O) groups excluding carboxylic acids is 2. The summed E-state index contributed by atoms with van der Waals surface area (Å²) in [5, 5.41) is 0. The van der Waals surface area contributed by atoms with Crippen molar-refractivity contribution in [2.75, 3.05) is 38.3 Å². The minimum Gasteiger partial charge on any atom is -0.383 e. The molecule has 1 aliphatic rings. The topological polar surface area (TPSA) is 98.0 Å². The maximum Gasteiger partial charge on any atom is 0.263 e. The Balaban J connectivity index is 1.79. The fraction of sp³-hybridized carbons (Fsp3) is 0.500. The van der Waals surface area contributed by atoms with Crippen molar-refractivity contribution in [3.63, 3.8) is 0 Å². The van der Waals surface area contributed by atoms with Crippen molar-refractivity contribution in [2.45, 2.75) is 19.4 Å². The third kappa shape index (κ3) is 5.06. The lowest BCUT2D eigenvalue weighted by Gasteiger charge is -2.14. The molecule has 0 bridgehead atoms. The van der Waals surface area contributed by atoms with Gasteiger partial charge in [-0.25, -0.2) is 8.42 Å². The summed E-state index contributed by atoms with van der Waals surface area (Å²) in [7, 11) is -2.28. The Morgan fingerprint density at radius 3 is 2.61 bits per heavy atom. The van der Waals surface area contributed by atoms with E-state index in [2.05, 4.69) is 4.99 Å². The maximum absolute atomic E-state index is 12.3. The van der Waals surface area contributed by atoms with E-state index in [0.717, 1.165) is 23.1 Å². The smallest absolute Gasteiger partial charge is 0.263 e. The van der Waals surface area contributed by atoms with E-state index in [1.54, 1.807) is 7.11 Å². The van der Waals surface area contributed by atoms with Crippen LogP contribution in [0.5, 0.6) is 0 Å². The van der Waals surface area contributed by atoms with Crippen LogP contribution in [0.3, 0.4) is 0 Å². The summed E-state index contributed by atoms with van der Waals surface area (Å²) in [5.74, 6) is -2.63. The number of methoxy groups -OCH3 is 1. The Labute approximate surface area is 167 Å². The number of fused-ring (bicyclic) bond motifs is 1. The zero-order valence-electron chi connectivity index (χ0n) is 15.7. The number of nitrogens with zero attached hydrogens (tertiary/aromatic N) is 3. The zero-order chi connectivity index (χ0) is 20.1. The van der Waals surface area contributed by atoms with Crippen molar-refractivity contribution in [3.8, 4) is 0 Å². The van der Waals surface area contributed by atoms with E-state index in [1.807, 2.05) is 28.8 Å². The number of aromatic nitrogens is 1. The van der Waals surface area contributed by atoms with E-state index in [9.17, 15) is 18.0 Å². The molecule has 1 aromatic heterocycles. The number of thiazole rings is 1. The first-order valence-electron chi connectivity index (χ1n) is 9.03. The predicted octanol–water partition coefficient (Wildman–Crippen LogP) is 0.814. The van der Waals surface area contributed by atoms with Crippen molar-refractivity contribution in [2.24, 2.45) is 4.99 Å². The van der Waals surface area contributed by atoms with Gasteiger partial charge in [0.2, 0.25) is 5.91 Å². The Bertz CT molecular complexity index is 1030. The van der Waals surface area contributed by atoms with Crippen LogP contribution in [0.25, 0.3) is 10.2 Å². The number of para-hydroxylation sites is 1. The number of rotatable bonds is 7. The molecule has 1 saturated heterocycles. The van der Waals surface area contributed by atoms with Gasteiger partial charge in [-0.15, -0.1) is 0 Å². The van der Waals surface area contributed by atoms with Crippen LogP contribution in [0.1, 0.15) is 12.8 Å². The molecule has 2 amide bonds. The quantitative estimate of drug-likeness (QED) is 0.654. The highest BCUT2D eigenvalue weighted by Crippen LogP contribution is 2.16. The first-order chi connectivity index (χ1) is 13.4. The van der Waals surface area contributed by atoms with Gasteiger partial charge in [0.15, 0.2) is 14.6 Å². The van der Waals surface area contributed by atoms with Gasteiger partial charge in [-0.1, -0.05) is 23.5 Å². The summed E-state index contributed by atoms with van der Waals surface area (Å²) in [6.07, 6.45) is 1.76. The van der Waals surface area contributed by atoms with E-state index in [-0.39, 0.29) is 0 Å². The Morgan fingerprint density at radius 1 is 1.18 bits per heavy atom. The molecule has 0 unspecified atom stereocenters. The van der Waals surface area contributed by atoms with Gasteiger partial charge in [-0.3, -0.25) is 9.59 Å². The first-order valence-corrected chi connectivity index (χ1v) is 11.7. The van der Waals surface area contributed by atoms with E-state index in [0.29, 0.717) is 31.0 Å². The van der Waals surface area contributed by atoms with Crippen molar-refractivity contribution in [1.82, 2.24) is 9.47 Å². The fourth-order valence-electron chi connectivity index (χ4n) is 3.13. The number of likely N-dealkylation sites (tertiary alicyclic amines) is 1. The molecule has 0 atom stereocenters. The number of hydrogen-bond donors (Lipinski definition) is 0. The average molecular weight is 426 g/mol. The van der Waals surface area contributed by atoms with Crippen molar-refractivity contribution in [1.29, 1.82) is 0 Å².